The van der Waals surface area contributed by atoms with Crippen LogP contribution in [0, 0.1) is 23.7 Å². The Kier molecular flexibility index (Phi) is 12.6. The molecule has 1 heterocycles. The fourth-order valence-electron chi connectivity index (χ4n) is 8.71. The van der Waals surface area contributed by atoms with Crippen LogP contribution in [0.5, 0.6) is 23.0 Å². The van der Waals surface area contributed by atoms with Gasteiger partial charge in [0, 0.05) is 44.1 Å². The number of likely N-dealkylation sites (N-methyl/N-ethyl adjacent to an activating group) is 1. The van der Waals surface area contributed by atoms with Crippen LogP contribution in [-0.2, 0) is 14.4 Å². The summed E-state index contributed by atoms with van der Waals surface area (Å²) in [5.74, 6) is 0.630. The van der Waals surface area contributed by atoms with Gasteiger partial charge in [-0.2, -0.15) is 0 Å². The minimum absolute atomic E-state index is 0.0155. The standard InChI is InChI=1S/C42H54N2O9/c1-5-21-50-42-38(44(3)41(48)27-13-14-27)25-35(43-51-6-2)33-23-28(11-7-9-19-45)32(12-8-10-20-46)39(40(33)42)34-24-31(16-18-37(34)53-42)52-30-15-17-36(49-4)29(22-30)26-47/h5,15-18,22-24,26-28,32,38-40,45-46H,1,6-14,19-21,25H2,2-4H3/t28-,32+,38-,39+,40+,42+/m0/s1. The number of carbonyl (C=O) groups is 2. The van der Waals surface area contributed by atoms with Gasteiger partial charge in [0.25, 0.3) is 0 Å². The Morgan fingerprint density at radius 1 is 1.08 bits per heavy atom. The second-order valence-corrected chi connectivity index (χ2v) is 14.5. The van der Waals surface area contributed by atoms with E-state index in [1.54, 1.807) is 24.3 Å². The fraction of sp³-hybridized carbons (Fsp3) is 0.548. The van der Waals surface area contributed by atoms with Crippen LogP contribution in [0.2, 0.25) is 0 Å². The molecule has 2 fully saturated rings. The van der Waals surface area contributed by atoms with E-state index in [0.717, 1.165) is 61.7 Å². The van der Waals surface area contributed by atoms with E-state index in [-0.39, 0.29) is 55.3 Å². The van der Waals surface area contributed by atoms with Gasteiger partial charge in [-0.3, -0.25) is 9.59 Å². The molecule has 6 atom stereocenters. The van der Waals surface area contributed by atoms with Gasteiger partial charge in [-0.1, -0.05) is 30.1 Å². The Bertz CT molecular complexity index is 1690. The maximum absolute atomic E-state index is 13.9. The van der Waals surface area contributed by atoms with Crippen molar-refractivity contribution >= 4 is 17.9 Å². The molecule has 0 aromatic heterocycles. The first kappa shape index (κ1) is 38.5. The molecule has 286 valence electrons. The van der Waals surface area contributed by atoms with Crippen LogP contribution in [0.4, 0.5) is 0 Å². The summed E-state index contributed by atoms with van der Waals surface area (Å²) in [4.78, 5) is 33.3. The van der Waals surface area contributed by atoms with E-state index in [4.69, 9.17) is 28.9 Å². The number of benzene rings is 2. The van der Waals surface area contributed by atoms with Crippen LogP contribution in [0.1, 0.15) is 86.6 Å². The Morgan fingerprint density at radius 3 is 2.49 bits per heavy atom. The molecule has 0 spiro atoms. The van der Waals surface area contributed by atoms with Gasteiger partial charge in [-0.05, 0) is 99.3 Å². The number of ether oxygens (including phenoxy) is 4. The second kappa shape index (κ2) is 17.3. The van der Waals surface area contributed by atoms with E-state index in [2.05, 4.69) is 12.7 Å². The molecule has 4 aliphatic rings. The molecule has 2 N–H and O–H groups in total. The van der Waals surface area contributed by atoms with Crippen LogP contribution in [0.3, 0.4) is 0 Å². The zero-order valence-corrected chi connectivity index (χ0v) is 31.2. The van der Waals surface area contributed by atoms with Crippen LogP contribution in [0.25, 0.3) is 0 Å². The lowest BCUT2D eigenvalue weighted by atomic mass is 9.55. The van der Waals surface area contributed by atoms with Crippen molar-refractivity contribution in [2.45, 2.75) is 82.5 Å². The molecule has 0 unspecified atom stereocenters. The van der Waals surface area contributed by atoms with Crippen molar-refractivity contribution in [1.29, 1.82) is 0 Å². The third-order valence-electron chi connectivity index (χ3n) is 11.3. The summed E-state index contributed by atoms with van der Waals surface area (Å²) in [7, 11) is 3.37. The predicted molar refractivity (Wildman–Crippen MR) is 201 cm³/mol. The summed E-state index contributed by atoms with van der Waals surface area (Å²) in [5.41, 5.74) is 3.10. The quantitative estimate of drug-likeness (QED) is 0.0691. The average Bonchev–Trinajstić information content (AvgIpc) is 4.03. The average molecular weight is 731 g/mol. The van der Waals surface area contributed by atoms with E-state index in [1.807, 2.05) is 37.1 Å². The molecule has 1 aliphatic heterocycles. The number of allylic oxidation sites excluding steroid dienone is 1. The highest BCUT2D eigenvalue weighted by Gasteiger charge is 2.65. The first-order valence-electron chi connectivity index (χ1n) is 19.1. The van der Waals surface area contributed by atoms with E-state index in [9.17, 15) is 19.8 Å². The van der Waals surface area contributed by atoms with Crippen LogP contribution >= 0.6 is 0 Å². The normalized spacial score (nSPS) is 26.4. The number of nitrogens with zero attached hydrogens (tertiary/aromatic N) is 2. The Balaban J connectivity index is 1.54. The number of rotatable bonds is 19. The molecule has 6 rings (SSSR count). The molecule has 11 nitrogen and oxygen atoms in total. The number of aliphatic hydroxyl groups is 2. The maximum atomic E-state index is 13.9. The van der Waals surface area contributed by atoms with Gasteiger partial charge >= 0.3 is 0 Å². The summed E-state index contributed by atoms with van der Waals surface area (Å²) >= 11 is 0. The summed E-state index contributed by atoms with van der Waals surface area (Å²) < 4.78 is 25.8. The van der Waals surface area contributed by atoms with E-state index in [0.29, 0.717) is 54.4 Å². The molecule has 2 aromatic rings. The number of fused-ring (bicyclic) bond motifs is 2. The third-order valence-corrected chi connectivity index (χ3v) is 11.3. The number of carbonyl (C=O) groups excluding carboxylic acids is 2. The fourth-order valence-corrected chi connectivity index (χ4v) is 8.71. The molecular formula is C42H54N2O9. The highest BCUT2D eigenvalue weighted by atomic mass is 16.7. The van der Waals surface area contributed by atoms with Crippen LogP contribution in [0.15, 0.2) is 65.9 Å². The van der Waals surface area contributed by atoms with Crippen LogP contribution in [-0.4, -0.2) is 85.4 Å². The lowest BCUT2D eigenvalue weighted by Gasteiger charge is -2.59. The molecule has 0 bridgehead atoms. The van der Waals surface area contributed by atoms with Crippen molar-refractivity contribution < 1.29 is 43.6 Å². The molecule has 2 saturated carbocycles. The molecule has 11 heteroatoms. The lowest BCUT2D eigenvalue weighted by Crippen LogP contribution is -2.69. The molecule has 0 saturated heterocycles. The minimum atomic E-state index is -1.27. The smallest absolute Gasteiger partial charge is 0.239 e. The summed E-state index contributed by atoms with van der Waals surface area (Å²) in [6.45, 7) is 6.71. The van der Waals surface area contributed by atoms with Crippen LogP contribution < -0.4 is 14.2 Å². The molecular weight excluding hydrogens is 676 g/mol. The van der Waals surface area contributed by atoms with Gasteiger partial charge in [0.15, 0.2) is 6.29 Å². The van der Waals surface area contributed by atoms with E-state index in [1.165, 1.54) is 7.11 Å². The largest absolute Gasteiger partial charge is 0.496 e. The number of hydrogen-bond acceptors (Lipinski definition) is 10. The summed E-state index contributed by atoms with van der Waals surface area (Å²) in [6, 6.07) is 10.4. The number of unbranched alkanes of at least 4 members (excludes halogenated alkanes) is 2. The maximum Gasteiger partial charge on any atom is 0.239 e. The Morgan fingerprint density at radius 2 is 1.81 bits per heavy atom. The lowest BCUT2D eigenvalue weighted by molar-refractivity contribution is -0.255. The zero-order valence-electron chi connectivity index (χ0n) is 31.2. The number of methoxy groups -OCH3 is 1. The molecule has 3 aliphatic carbocycles. The van der Waals surface area contributed by atoms with E-state index >= 15 is 0 Å². The van der Waals surface area contributed by atoms with Crippen molar-refractivity contribution in [2.24, 2.45) is 28.8 Å². The first-order valence-corrected chi connectivity index (χ1v) is 19.1. The Hall–Kier alpha value is -4.19. The zero-order chi connectivity index (χ0) is 37.5. The number of amides is 1. The second-order valence-electron chi connectivity index (χ2n) is 14.5. The van der Waals surface area contributed by atoms with Gasteiger partial charge in [0.1, 0.15) is 35.6 Å². The van der Waals surface area contributed by atoms with Crippen molar-refractivity contribution in [1.82, 2.24) is 4.90 Å². The van der Waals surface area contributed by atoms with Gasteiger partial charge in [0.2, 0.25) is 11.7 Å². The molecule has 53 heavy (non-hydrogen) atoms. The third kappa shape index (κ3) is 7.88. The highest BCUT2D eigenvalue weighted by molar-refractivity contribution is 6.03. The molecule has 2 aromatic carbocycles. The molecule has 0 radical (unpaired) electrons. The number of hydrogen-bond donors (Lipinski definition) is 2. The summed E-state index contributed by atoms with van der Waals surface area (Å²) in [6.07, 6.45) is 11.6. The number of aldehydes is 1. The SMILES string of the molecule is C=CCO[C@@]12Oc3ccc(Oc4ccc(OC)c(C=O)c4)cc3[C@H]3[C@H](CCCCO)[C@@H](CCCCO)C=C(C(=NOCC)C[C@@H]1N(C)C(=O)C1CC1)[C@H]32. The predicted octanol–water partition coefficient (Wildman–Crippen LogP) is 6.82. The minimum Gasteiger partial charge on any atom is -0.496 e. The highest BCUT2D eigenvalue weighted by Crippen LogP contribution is 2.62. The van der Waals surface area contributed by atoms with Gasteiger partial charge < -0.3 is 38.9 Å². The monoisotopic (exact) mass is 730 g/mol. The van der Waals surface area contributed by atoms with Gasteiger partial charge in [-0.15, -0.1) is 6.58 Å². The van der Waals surface area contributed by atoms with Crippen molar-refractivity contribution in [3.63, 3.8) is 0 Å². The van der Waals surface area contributed by atoms with E-state index < -0.39 is 11.8 Å². The number of aliphatic hydroxyl groups excluding tert-OH is 2. The Labute approximate surface area is 312 Å². The van der Waals surface area contributed by atoms with Crippen molar-refractivity contribution in [3.8, 4) is 23.0 Å². The van der Waals surface area contributed by atoms with Crippen molar-refractivity contribution in [3.05, 3.63) is 71.8 Å². The molecule has 1 amide bonds. The van der Waals surface area contributed by atoms with Gasteiger partial charge in [-0.25, -0.2) is 0 Å². The van der Waals surface area contributed by atoms with Crippen molar-refractivity contribution in [2.75, 3.05) is 40.6 Å². The summed E-state index contributed by atoms with van der Waals surface area (Å²) in [5, 5.41) is 24.3. The van der Waals surface area contributed by atoms with Gasteiger partial charge in [0.05, 0.1) is 30.9 Å². The number of oxime groups is 1. The first-order chi connectivity index (χ1) is 25.8. The topological polar surface area (TPSA) is 136 Å².